The maximum Gasteiger partial charge on any atom is 0.310 e. The van der Waals surface area contributed by atoms with E-state index in [4.69, 9.17) is 4.74 Å². The molecule has 0 aliphatic rings. The van der Waals surface area contributed by atoms with Crippen molar-refractivity contribution in [1.82, 2.24) is 5.32 Å². The molecule has 1 unspecified atom stereocenters. The van der Waals surface area contributed by atoms with Crippen LogP contribution in [-0.4, -0.2) is 17.4 Å². The number of carbonyl (C=O) groups excluding carboxylic acids is 1. The molecule has 1 N–H and O–H groups in total. The standard InChI is InChI=1S/C20H24N2O4/c1-14(2)11-17(16-7-5-4-6-8-16)21-20(23)13-26-19-12-15(3)9-10-18(19)22(24)25/h4-10,12,14,17H,11,13H2,1-3H3,(H,21,23). The van der Waals surface area contributed by atoms with Gasteiger partial charge in [0.05, 0.1) is 11.0 Å². The Morgan fingerprint density at radius 1 is 1.19 bits per heavy atom. The lowest BCUT2D eigenvalue weighted by atomic mass is 9.97. The van der Waals surface area contributed by atoms with E-state index in [9.17, 15) is 14.9 Å². The molecule has 6 nitrogen and oxygen atoms in total. The number of amides is 1. The molecule has 0 spiro atoms. The van der Waals surface area contributed by atoms with Crippen LogP contribution in [-0.2, 0) is 4.79 Å². The molecule has 0 fully saturated rings. The van der Waals surface area contributed by atoms with Gasteiger partial charge < -0.3 is 10.1 Å². The minimum atomic E-state index is -0.516. The second-order valence-corrected chi connectivity index (χ2v) is 6.68. The van der Waals surface area contributed by atoms with E-state index in [1.807, 2.05) is 37.3 Å². The number of hydrogen-bond donors (Lipinski definition) is 1. The second-order valence-electron chi connectivity index (χ2n) is 6.68. The van der Waals surface area contributed by atoms with Crippen LogP contribution in [0, 0.1) is 23.0 Å². The van der Waals surface area contributed by atoms with Gasteiger partial charge in [-0.1, -0.05) is 50.2 Å². The van der Waals surface area contributed by atoms with Gasteiger partial charge in [0.1, 0.15) is 0 Å². The summed E-state index contributed by atoms with van der Waals surface area (Å²) in [6, 6.07) is 14.2. The number of hydrogen-bond acceptors (Lipinski definition) is 4. The van der Waals surface area contributed by atoms with Crippen LogP contribution in [0.2, 0.25) is 0 Å². The minimum absolute atomic E-state index is 0.102. The van der Waals surface area contributed by atoms with Crippen molar-refractivity contribution in [1.29, 1.82) is 0 Å². The molecule has 1 amide bonds. The number of ether oxygens (including phenoxy) is 1. The summed E-state index contributed by atoms with van der Waals surface area (Å²) in [5, 5.41) is 14.1. The molecule has 0 heterocycles. The first-order valence-electron chi connectivity index (χ1n) is 8.59. The lowest BCUT2D eigenvalue weighted by Crippen LogP contribution is -2.33. The Kier molecular flexibility index (Phi) is 6.72. The highest BCUT2D eigenvalue weighted by molar-refractivity contribution is 5.78. The summed E-state index contributed by atoms with van der Waals surface area (Å²) >= 11 is 0. The monoisotopic (exact) mass is 356 g/mol. The number of rotatable bonds is 8. The van der Waals surface area contributed by atoms with E-state index in [0.29, 0.717) is 5.92 Å². The molecule has 138 valence electrons. The number of nitro groups is 1. The molecule has 0 bridgehead atoms. The van der Waals surface area contributed by atoms with Crippen LogP contribution in [0.15, 0.2) is 48.5 Å². The van der Waals surface area contributed by atoms with E-state index in [-0.39, 0.29) is 30.0 Å². The van der Waals surface area contributed by atoms with Crippen molar-refractivity contribution in [3.05, 3.63) is 69.8 Å². The van der Waals surface area contributed by atoms with Crippen LogP contribution >= 0.6 is 0 Å². The Hall–Kier alpha value is -2.89. The Bertz CT molecular complexity index is 760. The summed E-state index contributed by atoms with van der Waals surface area (Å²) in [6.45, 7) is 5.72. The molecule has 1 atom stereocenters. The number of nitro benzene ring substituents is 1. The largest absolute Gasteiger partial charge is 0.477 e. The fourth-order valence-corrected chi connectivity index (χ4v) is 2.70. The third kappa shape index (κ3) is 5.58. The fraction of sp³-hybridized carbons (Fsp3) is 0.350. The number of benzene rings is 2. The molecule has 0 aliphatic heterocycles. The van der Waals surface area contributed by atoms with Gasteiger partial charge in [-0.3, -0.25) is 14.9 Å². The molecule has 2 aromatic carbocycles. The first kappa shape index (κ1) is 19.4. The number of carbonyl (C=O) groups is 1. The van der Waals surface area contributed by atoms with Crippen molar-refractivity contribution in [3.63, 3.8) is 0 Å². The number of nitrogens with zero attached hydrogens (tertiary/aromatic N) is 1. The molecule has 2 aromatic rings. The molecule has 26 heavy (non-hydrogen) atoms. The molecular formula is C20H24N2O4. The summed E-state index contributed by atoms with van der Waals surface area (Å²) in [4.78, 5) is 22.9. The van der Waals surface area contributed by atoms with Crippen LogP contribution in [0.25, 0.3) is 0 Å². The third-order valence-electron chi connectivity index (χ3n) is 3.92. The molecule has 0 saturated heterocycles. The zero-order valence-corrected chi connectivity index (χ0v) is 15.3. The summed E-state index contributed by atoms with van der Waals surface area (Å²) in [6.07, 6.45) is 0.792. The van der Waals surface area contributed by atoms with Crippen LogP contribution in [0.3, 0.4) is 0 Å². The summed E-state index contributed by atoms with van der Waals surface area (Å²) in [5.74, 6) is 0.194. The Balaban J connectivity index is 2.05. The molecule has 0 aromatic heterocycles. The van der Waals surface area contributed by atoms with E-state index in [2.05, 4.69) is 19.2 Å². The maximum absolute atomic E-state index is 12.3. The maximum atomic E-state index is 12.3. The smallest absolute Gasteiger partial charge is 0.310 e. The number of aryl methyl sites for hydroxylation is 1. The highest BCUT2D eigenvalue weighted by Crippen LogP contribution is 2.27. The topological polar surface area (TPSA) is 81.5 Å². The molecule has 6 heteroatoms. The molecule has 0 radical (unpaired) electrons. The predicted molar refractivity (Wildman–Crippen MR) is 100 cm³/mol. The van der Waals surface area contributed by atoms with Gasteiger partial charge in [0.25, 0.3) is 5.91 Å². The SMILES string of the molecule is Cc1ccc([N+](=O)[O-])c(OCC(=O)NC(CC(C)C)c2ccccc2)c1. The van der Waals surface area contributed by atoms with Crippen molar-refractivity contribution in [2.75, 3.05) is 6.61 Å². The quantitative estimate of drug-likeness (QED) is 0.568. The van der Waals surface area contributed by atoms with Gasteiger partial charge in [-0.25, -0.2) is 0 Å². The van der Waals surface area contributed by atoms with Gasteiger partial charge in [-0.2, -0.15) is 0 Å². The molecular weight excluding hydrogens is 332 g/mol. The first-order chi connectivity index (χ1) is 12.4. The lowest BCUT2D eigenvalue weighted by Gasteiger charge is -2.21. The molecule has 2 rings (SSSR count). The highest BCUT2D eigenvalue weighted by Gasteiger charge is 2.19. The Morgan fingerprint density at radius 3 is 2.50 bits per heavy atom. The second kappa shape index (κ2) is 8.99. The van der Waals surface area contributed by atoms with Crippen LogP contribution < -0.4 is 10.1 Å². The molecule has 0 saturated carbocycles. The van der Waals surface area contributed by atoms with Crippen molar-refractivity contribution in [2.45, 2.75) is 33.2 Å². The minimum Gasteiger partial charge on any atom is -0.477 e. The van der Waals surface area contributed by atoms with Gasteiger partial charge in [0.2, 0.25) is 0 Å². The normalized spacial score (nSPS) is 11.8. The van der Waals surface area contributed by atoms with Gasteiger partial charge in [-0.15, -0.1) is 0 Å². The van der Waals surface area contributed by atoms with Crippen molar-refractivity contribution in [2.24, 2.45) is 5.92 Å². The third-order valence-corrected chi connectivity index (χ3v) is 3.92. The van der Waals surface area contributed by atoms with Crippen LogP contribution in [0.4, 0.5) is 5.69 Å². The van der Waals surface area contributed by atoms with E-state index < -0.39 is 4.92 Å². The van der Waals surface area contributed by atoms with Crippen LogP contribution in [0.5, 0.6) is 5.75 Å². The average molecular weight is 356 g/mol. The average Bonchev–Trinajstić information content (AvgIpc) is 2.59. The number of nitrogens with one attached hydrogen (secondary N) is 1. The van der Waals surface area contributed by atoms with Gasteiger partial charge in [0, 0.05) is 6.07 Å². The predicted octanol–water partition coefficient (Wildman–Crippen LogP) is 4.19. The Morgan fingerprint density at radius 2 is 1.88 bits per heavy atom. The zero-order valence-electron chi connectivity index (χ0n) is 15.3. The molecule has 0 aliphatic carbocycles. The highest BCUT2D eigenvalue weighted by atomic mass is 16.6. The van der Waals surface area contributed by atoms with Gasteiger partial charge >= 0.3 is 5.69 Å². The summed E-state index contributed by atoms with van der Waals surface area (Å²) < 4.78 is 5.43. The van der Waals surface area contributed by atoms with E-state index >= 15 is 0 Å². The van der Waals surface area contributed by atoms with Crippen LogP contribution in [0.1, 0.15) is 37.4 Å². The fourth-order valence-electron chi connectivity index (χ4n) is 2.70. The first-order valence-corrected chi connectivity index (χ1v) is 8.59. The van der Waals surface area contributed by atoms with E-state index in [0.717, 1.165) is 17.5 Å². The lowest BCUT2D eigenvalue weighted by molar-refractivity contribution is -0.385. The van der Waals surface area contributed by atoms with Gasteiger partial charge in [-0.05, 0) is 36.5 Å². The van der Waals surface area contributed by atoms with Crippen molar-refractivity contribution < 1.29 is 14.5 Å². The Labute approximate surface area is 153 Å². The summed E-state index contributed by atoms with van der Waals surface area (Å²) in [7, 11) is 0. The van der Waals surface area contributed by atoms with Crippen molar-refractivity contribution >= 4 is 11.6 Å². The zero-order chi connectivity index (χ0) is 19.1. The summed E-state index contributed by atoms with van der Waals surface area (Å²) in [5.41, 5.74) is 1.70. The van der Waals surface area contributed by atoms with Crippen molar-refractivity contribution in [3.8, 4) is 5.75 Å². The van der Waals surface area contributed by atoms with Gasteiger partial charge in [0.15, 0.2) is 12.4 Å². The van der Waals surface area contributed by atoms with E-state index in [1.54, 1.807) is 12.1 Å². The van der Waals surface area contributed by atoms with E-state index in [1.165, 1.54) is 6.07 Å².